The van der Waals surface area contributed by atoms with Crippen molar-refractivity contribution in [2.24, 2.45) is 5.92 Å². The highest BCUT2D eigenvalue weighted by Crippen LogP contribution is 2.50. The predicted molar refractivity (Wildman–Crippen MR) is 109 cm³/mol. The lowest BCUT2D eigenvalue weighted by Crippen LogP contribution is -2.40. The first-order valence-electron chi connectivity index (χ1n) is 9.28. The van der Waals surface area contributed by atoms with Crippen LogP contribution in [0.1, 0.15) is 64.8 Å². The lowest BCUT2D eigenvalue weighted by Gasteiger charge is -2.37. The van der Waals surface area contributed by atoms with Crippen LogP contribution in [0, 0.1) is 12.8 Å². The Kier molecular flexibility index (Phi) is 4.19. The van der Waals surface area contributed by atoms with Gasteiger partial charge in [-0.1, -0.05) is 12.2 Å². The Morgan fingerprint density at radius 3 is 2.73 bits per heavy atom. The summed E-state index contributed by atoms with van der Waals surface area (Å²) in [6, 6.07) is 10.9. The van der Waals surface area contributed by atoms with Crippen LogP contribution in [0.4, 0.5) is 5.69 Å². The molecule has 0 spiro atoms. The van der Waals surface area contributed by atoms with E-state index in [1.807, 2.05) is 38.2 Å². The minimum Gasteiger partial charge on any atom is -0.377 e. The maximum absolute atomic E-state index is 12.6. The summed E-state index contributed by atoms with van der Waals surface area (Å²) in [7, 11) is 0. The van der Waals surface area contributed by atoms with Gasteiger partial charge in [0.2, 0.25) is 0 Å². The second kappa shape index (κ2) is 6.27. The van der Waals surface area contributed by atoms with Gasteiger partial charge >= 0.3 is 0 Å². The van der Waals surface area contributed by atoms with E-state index in [0.29, 0.717) is 17.9 Å². The smallest absolute Gasteiger partial charge is 0.251 e. The molecule has 2 aromatic rings. The zero-order valence-electron chi connectivity index (χ0n) is 15.8. The summed E-state index contributed by atoms with van der Waals surface area (Å²) >= 11 is 1.88. The quantitative estimate of drug-likeness (QED) is 0.698. The van der Waals surface area contributed by atoms with E-state index in [1.165, 1.54) is 15.3 Å². The molecule has 3 atom stereocenters. The largest absolute Gasteiger partial charge is 0.377 e. The first-order chi connectivity index (χ1) is 12.3. The molecule has 0 saturated heterocycles. The number of allylic oxidation sites excluding steroid dienone is 2. The summed E-state index contributed by atoms with van der Waals surface area (Å²) in [4.78, 5) is 15.3. The number of carbonyl (C=O) groups is 1. The van der Waals surface area contributed by atoms with Crippen LogP contribution >= 0.6 is 11.3 Å². The number of hydrogen-bond donors (Lipinski definition) is 2. The lowest BCUT2D eigenvalue weighted by atomic mass is 9.78. The second-order valence-corrected chi connectivity index (χ2v) is 9.75. The summed E-state index contributed by atoms with van der Waals surface area (Å²) in [5, 5.41) is 6.81. The van der Waals surface area contributed by atoms with Gasteiger partial charge in [-0.15, -0.1) is 11.3 Å². The number of amides is 1. The zero-order chi connectivity index (χ0) is 18.5. The van der Waals surface area contributed by atoms with E-state index in [4.69, 9.17) is 0 Å². The minimum atomic E-state index is -0.233. The van der Waals surface area contributed by atoms with Crippen LogP contribution in [0.3, 0.4) is 0 Å². The van der Waals surface area contributed by atoms with Crippen LogP contribution in [-0.2, 0) is 0 Å². The van der Waals surface area contributed by atoms with Crippen molar-refractivity contribution < 1.29 is 4.79 Å². The Hall–Kier alpha value is -2.07. The average molecular weight is 367 g/mol. The average Bonchev–Trinajstić information content (AvgIpc) is 3.21. The highest BCUT2D eigenvalue weighted by Gasteiger charge is 2.38. The Labute approximate surface area is 159 Å². The van der Waals surface area contributed by atoms with E-state index in [0.717, 1.165) is 17.7 Å². The number of fused-ring (bicyclic) bond motifs is 3. The van der Waals surface area contributed by atoms with Gasteiger partial charge in [0.1, 0.15) is 0 Å². The van der Waals surface area contributed by atoms with Crippen molar-refractivity contribution in [1.82, 2.24) is 5.32 Å². The zero-order valence-corrected chi connectivity index (χ0v) is 16.6. The molecule has 0 saturated carbocycles. The topological polar surface area (TPSA) is 41.1 Å². The van der Waals surface area contributed by atoms with E-state index >= 15 is 0 Å². The van der Waals surface area contributed by atoms with Crippen LogP contribution in [0.5, 0.6) is 0 Å². The molecule has 2 aliphatic rings. The molecule has 1 aliphatic heterocycles. The first-order valence-corrected chi connectivity index (χ1v) is 10.1. The van der Waals surface area contributed by atoms with E-state index in [2.05, 4.69) is 54.0 Å². The fourth-order valence-electron chi connectivity index (χ4n) is 4.05. The van der Waals surface area contributed by atoms with Crippen LogP contribution < -0.4 is 10.6 Å². The molecule has 26 heavy (non-hydrogen) atoms. The number of carbonyl (C=O) groups excluding carboxylic acids is 1. The Balaban J connectivity index is 1.68. The highest BCUT2D eigenvalue weighted by molar-refractivity contribution is 7.12. The SMILES string of the molecule is Cc1ccc(C2Nc3ccc(C(=O)NC(C)(C)C)cc3C3C=CCC32)s1. The number of benzene rings is 1. The molecule has 4 heteroatoms. The molecule has 3 unspecified atom stereocenters. The molecule has 1 amide bonds. The second-order valence-electron chi connectivity index (χ2n) is 8.43. The minimum absolute atomic E-state index is 0.00479. The van der Waals surface area contributed by atoms with Crippen LogP contribution in [0.25, 0.3) is 0 Å². The van der Waals surface area contributed by atoms with Crippen LogP contribution in [0.15, 0.2) is 42.5 Å². The van der Waals surface area contributed by atoms with Gasteiger partial charge in [0.25, 0.3) is 5.91 Å². The number of thiophene rings is 1. The van der Waals surface area contributed by atoms with Gasteiger partial charge in [-0.2, -0.15) is 0 Å². The molecule has 4 rings (SSSR count). The fraction of sp³-hybridized carbons (Fsp3) is 0.409. The molecule has 1 aromatic heterocycles. The lowest BCUT2D eigenvalue weighted by molar-refractivity contribution is 0.0919. The third-order valence-electron chi connectivity index (χ3n) is 5.18. The molecule has 0 bridgehead atoms. The van der Waals surface area contributed by atoms with Gasteiger partial charge in [0, 0.05) is 32.5 Å². The van der Waals surface area contributed by atoms with E-state index in [1.54, 1.807) is 0 Å². The third-order valence-corrected chi connectivity index (χ3v) is 6.26. The summed E-state index contributed by atoms with van der Waals surface area (Å²) < 4.78 is 0. The summed E-state index contributed by atoms with van der Waals surface area (Å²) in [5.41, 5.74) is 2.91. The molecule has 136 valence electrons. The molecular weight excluding hydrogens is 340 g/mol. The summed E-state index contributed by atoms with van der Waals surface area (Å²) in [6.45, 7) is 8.19. The molecule has 1 aliphatic carbocycles. The number of anilines is 1. The summed E-state index contributed by atoms with van der Waals surface area (Å²) in [6.07, 6.45) is 5.70. The van der Waals surface area contributed by atoms with E-state index in [9.17, 15) is 4.79 Å². The monoisotopic (exact) mass is 366 g/mol. The Morgan fingerprint density at radius 1 is 1.23 bits per heavy atom. The molecule has 2 N–H and O–H groups in total. The van der Waals surface area contributed by atoms with Crippen molar-refractivity contribution in [2.75, 3.05) is 5.32 Å². The Bertz CT molecular complexity index is 875. The molecule has 1 aromatic carbocycles. The maximum Gasteiger partial charge on any atom is 0.251 e. The summed E-state index contributed by atoms with van der Waals surface area (Å²) in [5.74, 6) is 0.886. The third kappa shape index (κ3) is 3.18. The van der Waals surface area contributed by atoms with Crippen LogP contribution in [0.2, 0.25) is 0 Å². The van der Waals surface area contributed by atoms with Crippen molar-refractivity contribution in [1.29, 1.82) is 0 Å². The van der Waals surface area contributed by atoms with Gasteiger partial charge in [-0.3, -0.25) is 4.79 Å². The van der Waals surface area contributed by atoms with Gasteiger partial charge in [-0.25, -0.2) is 0 Å². The molecule has 0 radical (unpaired) electrons. The van der Waals surface area contributed by atoms with Crippen molar-refractivity contribution in [3.05, 3.63) is 63.4 Å². The van der Waals surface area contributed by atoms with Crippen LogP contribution in [-0.4, -0.2) is 11.4 Å². The molecular formula is C22H26N2OS. The molecule has 0 fully saturated rings. The number of nitrogens with one attached hydrogen (secondary N) is 2. The fourth-order valence-corrected chi connectivity index (χ4v) is 5.06. The van der Waals surface area contributed by atoms with Gasteiger partial charge in [-0.05, 0) is 75.9 Å². The highest BCUT2D eigenvalue weighted by atomic mass is 32.1. The maximum atomic E-state index is 12.6. The van der Waals surface area contributed by atoms with E-state index < -0.39 is 0 Å². The van der Waals surface area contributed by atoms with Gasteiger partial charge in [0.05, 0.1) is 6.04 Å². The first kappa shape index (κ1) is 17.3. The predicted octanol–water partition coefficient (Wildman–Crippen LogP) is 5.41. The van der Waals surface area contributed by atoms with Crippen molar-refractivity contribution >= 4 is 22.9 Å². The number of hydrogen-bond acceptors (Lipinski definition) is 3. The number of aryl methyl sites for hydroxylation is 1. The van der Waals surface area contributed by atoms with Gasteiger partial charge < -0.3 is 10.6 Å². The molecule has 2 heterocycles. The van der Waals surface area contributed by atoms with Crippen molar-refractivity contribution in [3.63, 3.8) is 0 Å². The standard InChI is InChI=1S/C22H26N2OS/c1-13-8-11-19(26-13)20-16-7-5-6-15(16)17-12-14(9-10-18(17)23-20)21(25)24-22(2,3)4/h5-6,8-12,15-16,20,23H,7H2,1-4H3,(H,24,25). The van der Waals surface area contributed by atoms with Crippen molar-refractivity contribution in [2.45, 2.75) is 51.6 Å². The van der Waals surface area contributed by atoms with Gasteiger partial charge in [0.15, 0.2) is 0 Å². The van der Waals surface area contributed by atoms with E-state index in [-0.39, 0.29) is 11.4 Å². The van der Waals surface area contributed by atoms with Crippen molar-refractivity contribution in [3.8, 4) is 0 Å². The normalized spacial score (nSPS) is 23.9. The molecule has 3 nitrogen and oxygen atoms in total. The Morgan fingerprint density at radius 2 is 2.04 bits per heavy atom. The number of rotatable bonds is 2.